The molecular weight excluding hydrogens is 394 g/mol. The van der Waals surface area contributed by atoms with Crippen molar-refractivity contribution in [1.82, 2.24) is 35.5 Å². The average molecular weight is 416 g/mol. The van der Waals surface area contributed by atoms with E-state index in [1.165, 1.54) is 4.88 Å². The minimum absolute atomic E-state index is 0.493. The molecule has 5 aromatic heterocycles. The molecule has 0 aliphatic carbocycles. The standard InChI is InChI=1S/C22H21N7S/c1-12-2-3-18(30-12)21-20-15(6-9-24-21)26-22(27-20)19-14-10-16(13-4-7-23-8-5-13)25-11-17(14)28-29-19/h2-3,6,9-11,13,23H,4-5,7-8H2,1H3,(H,26,27)(H,28,29). The summed E-state index contributed by atoms with van der Waals surface area (Å²) in [5.41, 5.74) is 5.63. The van der Waals surface area contributed by atoms with Crippen LogP contribution in [-0.4, -0.2) is 43.2 Å². The highest BCUT2D eigenvalue weighted by Gasteiger charge is 2.20. The summed E-state index contributed by atoms with van der Waals surface area (Å²) in [7, 11) is 0. The molecule has 1 saturated heterocycles. The number of H-pyrrole nitrogens is 2. The van der Waals surface area contributed by atoms with Crippen LogP contribution >= 0.6 is 11.3 Å². The third-order valence-corrected chi connectivity index (χ3v) is 6.83. The number of hydrogen-bond donors (Lipinski definition) is 3. The number of hydrogen-bond acceptors (Lipinski definition) is 6. The Balaban J connectivity index is 1.47. The van der Waals surface area contributed by atoms with Crippen LogP contribution in [0.1, 0.15) is 29.3 Å². The SMILES string of the molecule is Cc1ccc(-c2nccc3[nH]c(-c4n[nH]c5cnc(C6CCNCC6)cc45)nc23)s1. The topological polar surface area (TPSA) is 95.2 Å². The normalized spacial score (nSPS) is 15.4. The van der Waals surface area contributed by atoms with E-state index in [4.69, 9.17) is 9.97 Å². The summed E-state index contributed by atoms with van der Waals surface area (Å²) < 4.78 is 0. The number of nitrogens with one attached hydrogen (secondary N) is 3. The summed E-state index contributed by atoms with van der Waals surface area (Å²) in [6.45, 7) is 4.20. The summed E-state index contributed by atoms with van der Waals surface area (Å²) >= 11 is 1.73. The lowest BCUT2D eigenvalue weighted by Gasteiger charge is -2.21. The minimum Gasteiger partial charge on any atom is -0.336 e. The number of pyridine rings is 2. The predicted octanol–water partition coefficient (Wildman–Crippen LogP) is 4.40. The molecule has 0 unspecified atom stereocenters. The number of aromatic nitrogens is 6. The van der Waals surface area contributed by atoms with E-state index in [1.807, 2.05) is 18.5 Å². The van der Waals surface area contributed by atoms with Gasteiger partial charge in [-0.2, -0.15) is 5.10 Å². The van der Waals surface area contributed by atoms with E-state index in [-0.39, 0.29) is 0 Å². The number of rotatable bonds is 3. The highest BCUT2D eigenvalue weighted by molar-refractivity contribution is 7.15. The minimum atomic E-state index is 0.493. The van der Waals surface area contributed by atoms with E-state index in [1.54, 1.807) is 11.3 Å². The van der Waals surface area contributed by atoms with Gasteiger partial charge in [0.05, 0.1) is 22.1 Å². The molecule has 6 rings (SSSR count). The summed E-state index contributed by atoms with van der Waals surface area (Å²) in [4.78, 5) is 20.0. The molecule has 8 heteroatoms. The van der Waals surface area contributed by atoms with E-state index in [2.05, 4.69) is 50.6 Å². The van der Waals surface area contributed by atoms with Crippen LogP contribution in [0.5, 0.6) is 0 Å². The van der Waals surface area contributed by atoms with Crippen LogP contribution in [0.2, 0.25) is 0 Å². The maximum atomic E-state index is 4.91. The van der Waals surface area contributed by atoms with Crippen molar-refractivity contribution in [3.05, 3.63) is 47.2 Å². The zero-order valence-electron chi connectivity index (χ0n) is 16.6. The molecule has 0 aromatic carbocycles. The second-order valence-corrected chi connectivity index (χ2v) is 9.09. The van der Waals surface area contributed by atoms with Gasteiger partial charge >= 0.3 is 0 Å². The predicted molar refractivity (Wildman–Crippen MR) is 120 cm³/mol. The Labute approximate surface area is 177 Å². The van der Waals surface area contributed by atoms with Gasteiger partial charge in [-0.05, 0) is 57.1 Å². The van der Waals surface area contributed by atoms with Crippen LogP contribution in [0.3, 0.4) is 0 Å². The summed E-state index contributed by atoms with van der Waals surface area (Å²) in [5, 5.41) is 12.2. The monoisotopic (exact) mass is 415 g/mol. The first-order valence-corrected chi connectivity index (χ1v) is 11.0. The highest BCUT2D eigenvalue weighted by atomic mass is 32.1. The molecule has 0 bridgehead atoms. The van der Waals surface area contributed by atoms with Crippen molar-refractivity contribution < 1.29 is 0 Å². The molecule has 5 aromatic rings. The molecular formula is C22H21N7S. The number of piperidine rings is 1. The number of imidazole rings is 1. The first-order chi connectivity index (χ1) is 14.8. The lowest BCUT2D eigenvalue weighted by Crippen LogP contribution is -2.27. The summed E-state index contributed by atoms with van der Waals surface area (Å²) in [5.74, 6) is 1.24. The highest BCUT2D eigenvalue weighted by Crippen LogP contribution is 2.34. The fourth-order valence-electron chi connectivity index (χ4n) is 4.24. The van der Waals surface area contributed by atoms with Crippen LogP contribution in [0.4, 0.5) is 0 Å². The fourth-order valence-corrected chi connectivity index (χ4v) is 5.11. The Bertz CT molecular complexity index is 1360. The lowest BCUT2D eigenvalue weighted by molar-refractivity contribution is 0.453. The van der Waals surface area contributed by atoms with Crippen LogP contribution in [0.25, 0.3) is 44.0 Å². The van der Waals surface area contributed by atoms with Crippen LogP contribution in [-0.2, 0) is 0 Å². The van der Waals surface area contributed by atoms with Crippen molar-refractivity contribution in [2.75, 3.05) is 13.1 Å². The molecule has 1 aliphatic rings. The average Bonchev–Trinajstić information content (AvgIpc) is 3.51. The van der Waals surface area contributed by atoms with Crippen molar-refractivity contribution in [3.8, 4) is 22.1 Å². The van der Waals surface area contributed by atoms with E-state index in [9.17, 15) is 0 Å². The van der Waals surface area contributed by atoms with E-state index >= 15 is 0 Å². The fraction of sp³-hybridized carbons (Fsp3) is 0.273. The van der Waals surface area contributed by atoms with Crippen LogP contribution < -0.4 is 5.32 Å². The van der Waals surface area contributed by atoms with Crippen molar-refractivity contribution in [2.24, 2.45) is 0 Å². The van der Waals surface area contributed by atoms with Gasteiger partial charge in [0, 0.05) is 28.1 Å². The summed E-state index contributed by atoms with van der Waals surface area (Å²) in [6, 6.07) is 8.37. The number of aryl methyl sites for hydroxylation is 1. The molecule has 1 fully saturated rings. The van der Waals surface area contributed by atoms with Gasteiger partial charge in [-0.15, -0.1) is 11.3 Å². The van der Waals surface area contributed by atoms with Gasteiger partial charge in [-0.3, -0.25) is 15.1 Å². The van der Waals surface area contributed by atoms with Gasteiger partial charge in [0.1, 0.15) is 16.9 Å². The molecule has 7 nitrogen and oxygen atoms in total. The molecule has 150 valence electrons. The molecule has 0 amide bonds. The number of fused-ring (bicyclic) bond motifs is 2. The van der Waals surface area contributed by atoms with E-state index in [0.717, 1.165) is 75.7 Å². The molecule has 30 heavy (non-hydrogen) atoms. The number of thiophene rings is 1. The van der Waals surface area contributed by atoms with Crippen LogP contribution in [0.15, 0.2) is 36.7 Å². The second-order valence-electron chi connectivity index (χ2n) is 7.80. The maximum Gasteiger partial charge on any atom is 0.159 e. The van der Waals surface area contributed by atoms with Gasteiger partial charge in [0.2, 0.25) is 0 Å². The lowest BCUT2D eigenvalue weighted by atomic mass is 9.93. The van der Waals surface area contributed by atoms with Crippen LogP contribution in [0, 0.1) is 6.92 Å². The molecule has 3 N–H and O–H groups in total. The largest absolute Gasteiger partial charge is 0.336 e. The van der Waals surface area contributed by atoms with E-state index < -0.39 is 0 Å². The Morgan fingerprint density at radius 1 is 1.03 bits per heavy atom. The molecule has 0 spiro atoms. The smallest absolute Gasteiger partial charge is 0.159 e. The quantitative estimate of drug-likeness (QED) is 0.406. The maximum absolute atomic E-state index is 4.91. The zero-order chi connectivity index (χ0) is 20.1. The van der Waals surface area contributed by atoms with Gasteiger partial charge < -0.3 is 10.3 Å². The van der Waals surface area contributed by atoms with Gasteiger partial charge in [0.25, 0.3) is 0 Å². The van der Waals surface area contributed by atoms with Gasteiger partial charge in [-0.25, -0.2) is 4.98 Å². The zero-order valence-corrected chi connectivity index (χ0v) is 17.4. The van der Waals surface area contributed by atoms with Crippen molar-refractivity contribution >= 4 is 33.3 Å². The third-order valence-electron chi connectivity index (χ3n) is 5.82. The van der Waals surface area contributed by atoms with Crippen molar-refractivity contribution in [2.45, 2.75) is 25.7 Å². The molecule has 6 heterocycles. The van der Waals surface area contributed by atoms with Crippen molar-refractivity contribution in [1.29, 1.82) is 0 Å². The number of nitrogens with zero attached hydrogens (tertiary/aromatic N) is 4. The Morgan fingerprint density at radius 3 is 2.77 bits per heavy atom. The van der Waals surface area contributed by atoms with Gasteiger partial charge in [0.15, 0.2) is 5.82 Å². The Hall–Kier alpha value is -3.10. The summed E-state index contributed by atoms with van der Waals surface area (Å²) in [6.07, 6.45) is 5.96. The first-order valence-electron chi connectivity index (χ1n) is 10.2. The molecule has 0 saturated carbocycles. The Kier molecular flexibility index (Phi) is 4.14. The molecule has 1 aliphatic heterocycles. The Morgan fingerprint density at radius 2 is 1.93 bits per heavy atom. The second kappa shape index (κ2) is 7.00. The molecule has 0 radical (unpaired) electrons. The van der Waals surface area contributed by atoms with Crippen molar-refractivity contribution in [3.63, 3.8) is 0 Å². The first kappa shape index (κ1) is 17.7. The van der Waals surface area contributed by atoms with E-state index in [0.29, 0.717) is 5.92 Å². The third kappa shape index (κ3) is 2.91. The van der Waals surface area contributed by atoms with Gasteiger partial charge in [-0.1, -0.05) is 0 Å². The number of aromatic amines is 2. The molecule has 0 atom stereocenters.